The summed E-state index contributed by atoms with van der Waals surface area (Å²) >= 11 is 0. The minimum Gasteiger partial charge on any atom is -0.500 e. The van der Waals surface area contributed by atoms with Gasteiger partial charge in [-0.1, -0.05) is 152 Å². The number of hydrogen-bond donors (Lipinski definition) is 0. The van der Waals surface area contributed by atoms with Gasteiger partial charge in [0, 0.05) is 48.4 Å². The summed E-state index contributed by atoms with van der Waals surface area (Å²) in [7, 11) is 0. The second-order valence-corrected chi connectivity index (χ2v) is 17.6. The first-order valence-corrected chi connectivity index (χ1v) is 19.4. The molecule has 8 rings (SSSR count). The van der Waals surface area contributed by atoms with E-state index >= 15 is 0 Å². The maximum atomic E-state index is 10.2. The number of aromatic nitrogens is 3. The van der Waals surface area contributed by atoms with Crippen LogP contribution in [0.5, 0.6) is 0 Å². The fraction of sp³-hybridized carbons (Fsp3) is 0.231. The number of nitrogens with zero attached hydrogens (tertiary/aromatic N) is 4. The first kappa shape index (κ1) is 41.9. The summed E-state index contributed by atoms with van der Waals surface area (Å²) < 4.78 is 6.80. The van der Waals surface area contributed by atoms with Crippen LogP contribution >= 0.6 is 0 Å². The molecule has 293 valence electrons. The second-order valence-electron chi connectivity index (χ2n) is 17.6. The van der Waals surface area contributed by atoms with Crippen molar-refractivity contribution in [2.45, 2.75) is 78.6 Å². The van der Waals surface area contributed by atoms with Crippen molar-refractivity contribution in [1.29, 1.82) is 5.26 Å². The van der Waals surface area contributed by atoms with E-state index in [4.69, 9.17) is 4.42 Å². The van der Waals surface area contributed by atoms with Gasteiger partial charge < -0.3 is 9.40 Å². The normalized spacial score (nSPS) is 11.7. The minimum atomic E-state index is -0.155. The number of benzene rings is 5. The first-order valence-electron chi connectivity index (χ1n) is 19.4. The van der Waals surface area contributed by atoms with Gasteiger partial charge in [-0.2, -0.15) is 5.26 Å². The van der Waals surface area contributed by atoms with Gasteiger partial charge in [0.05, 0.1) is 17.2 Å². The Morgan fingerprint density at radius 3 is 1.91 bits per heavy atom. The molecule has 8 aromatic rings. The van der Waals surface area contributed by atoms with E-state index in [1.165, 1.54) is 5.56 Å². The number of rotatable bonds is 4. The fourth-order valence-electron chi connectivity index (χ4n) is 6.96. The van der Waals surface area contributed by atoms with Crippen LogP contribution in [0.3, 0.4) is 0 Å². The number of hydrogen-bond acceptors (Lipinski definition) is 5. The third-order valence-electron chi connectivity index (χ3n) is 10.2. The quantitative estimate of drug-likeness (QED) is 0.164. The summed E-state index contributed by atoms with van der Waals surface area (Å²) in [5.74, 6) is 0. The average molecular weight is 937 g/mol. The second kappa shape index (κ2) is 16.6. The third-order valence-corrected chi connectivity index (χ3v) is 10.2. The number of fused-ring (bicyclic) bond motifs is 3. The van der Waals surface area contributed by atoms with Crippen LogP contribution in [0.4, 0.5) is 0 Å². The van der Waals surface area contributed by atoms with Crippen molar-refractivity contribution >= 4 is 21.9 Å². The van der Waals surface area contributed by atoms with Crippen molar-refractivity contribution < 1.29 is 24.5 Å². The van der Waals surface area contributed by atoms with E-state index in [2.05, 4.69) is 150 Å². The van der Waals surface area contributed by atoms with Gasteiger partial charge >= 0.3 is 0 Å². The molecular formula is C52H48IrN4O-2. The predicted molar refractivity (Wildman–Crippen MR) is 234 cm³/mol. The monoisotopic (exact) mass is 937 g/mol. The van der Waals surface area contributed by atoms with Crippen molar-refractivity contribution in [3.63, 3.8) is 0 Å². The molecule has 0 aliphatic carbocycles. The molecule has 0 saturated heterocycles. The van der Waals surface area contributed by atoms with Crippen LogP contribution in [0.25, 0.3) is 66.7 Å². The number of furan rings is 1. The van der Waals surface area contributed by atoms with E-state index in [9.17, 15) is 5.26 Å². The van der Waals surface area contributed by atoms with Crippen LogP contribution < -0.4 is 0 Å². The van der Waals surface area contributed by atoms with Crippen LogP contribution in [0, 0.1) is 23.5 Å². The smallest absolute Gasteiger partial charge is 0.130 e. The molecule has 0 N–H and O–H groups in total. The molecule has 5 nitrogen and oxygen atoms in total. The summed E-state index contributed by atoms with van der Waals surface area (Å²) in [6.45, 7) is 19.6. The Labute approximate surface area is 356 Å². The molecule has 0 saturated carbocycles. The Morgan fingerprint density at radius 2 is 1.31 bits per heavy atom. The zero-order valence-electron chi connectivity index (χ0n) is 34.7. The maximum Gasteiger partial charge on any atom is 0.130 e. The van der Waals surface area contributed by atoms with Crippen LogP contribution in [0.15, 0.2) is 132 Å². The van der Waals surface area contributed by atoms with Gasteiger partial charge in [0.2, 0.25) is 0 Å². The zero-order valence-corrected chi connectivity index (χ0v) is 37.0. The van der Waals surface area contributed by atoms with Crippen LogP contribution in [-0.4, -0.2) is 15.0 Å². The molecule has 0 amide bonds. The molecule has 0 aliphatic rings. The molecule has 5 aromatic carbocycles. The molecule has 0 aliphatic heterocycles. The van der Waals surface area contributed by atoms with E-state index in [-0.39, 0.29) is 36.4 Å². The summed E-state index contributed by atoms with van der Waals surface area (Å²) in [5, 5.41) is 12.2. The SMILES string of the molecule is CC(C)(C)c1cc(-c2[c-]cc(C(C)(C)C)c3c2oc2c(-c4ccc(-c5ccccc5)cc4)c(C#N)ccc23)ncn1.CC(C)(C)c1ccc(-c2[c-]cccc2)nc1.[Ir]. The standard InChI is InChI=1S/C37H32N3O.C15H16N.Ir/c1-36(2,3)29-19-18-27(30-20-31(37(4,5)6)40-22-39-30)34-33(29)28-17-16-26(21-38)32(35(28)41-34)25-14-12-24(13-15-25)23-10-8-7-9-11-23;1-15(2,3)13-9-10-14(16-11-13)12-7-5-4-6-8-12;/h7-17,19-20,22H,1-6H3;4-7,9-11H,1-3H3;/q2*-1;. The molecule has 0 bridgehead atoms. The van der Waals surface area contributed by atoms with Crippen molar-refractivity contribution in [2.75, 3.05) is 0 Å². The average Bonchev–Trinajstić information content (AvgIpc) is 3.60. The zero-order chi connectivity index (χ0) is 40.5. The van der Waals surface area contributed by atoms with E-state index < -0.39 is 0 Å². The van der Waals surface area contributed by atoms with Crippen molar-refractivity contribution in [3.05, 3.63) is 162 Å². The molecule has 58 heavy (non-hydrogen) atoms. The molecule has 0 unspecified atom stereocenters. The summed E-state index contributed by atoms with van der Waals surface area (Å²) in [6.07, 6.45) is 3.57. The van der Waals surface area contributed by atoms with E-state index in [1.54, 1.807) is 6.33 Å². The maximum absolute atomic E-state index is 10.2. The van der Waals surface area contributed by atoms with E-state index in [0.29, 0.717) is 11.1 Å². The van der Waals surface area contributed by atoms with Crippen molar-refractivity contribution in [1.82, 2.24) is 15.0 Å². The van der Waals surface area contributed by atoms with Crippen LogP contribution in [0.1, 0.15) is 84.7 Å². The van der Waals surface area contributed by atoms with Gasteiger partial charge in [0.25, 0.3) is 0 Å². The molecule has 3 heterocycles. The number of pyridine rings is 1. The molecule has 0 spiro atoms. The molecule has 6 heteroatoms. The molecule has 1 radical (unpaired) electrons. The van der Waals surface area contributed by atoms with Crippen molar-refractivity contribution in [3.8, 4) is 50.8 Å². The largest absolute Gasteiger partial charge is 0.500 e. The molecular weight excluding hydrogens is 889 g/mol. The summed E-state index contributed by atoms with van der Waals surface area (Å²) in [4.78, 5) is 13.6. The van der Waals surface area contributed by atoms with E-state index in [0.717, 1.165) is 72.4 Å². The Balaban J connectivity index is 0.000000280. The van der Waals surface area contributed by atoms with Crippen LogP contribution in [0.2, 0.25) is 0 Å². The Kier molecular flexibility index (Phi) is 12.0. The first-order chi connectivity index (χ1) is 27.1. The van der Waals surface area contributed by atoms with Gasteiger partial charge in [-0.25, -0.2) is 4.98 Å². The predicted octanol–water partition coefficient (Wildman–Crippen LogP) is 13.5. The van der Waals surface area contributed by atoms with Gasteiger partial charge in [-0.3, -0.25) is 4.98 Å². The summed E-state index contributed by atoms with van der Waals surface area (Å²) in [5.41, 5.74) is 12.8. The van der Waals surface area contributed by atoms with Gasteiger partial charge in [0.1, 0.15) is 11.9 Å². The fourth-order valence-corrected chi connectivity index (χ4v) is 6.96. The summed E-state index contributed by atoms with van der Waals surface area (Å²) in [6, 6.07) is 47.8. The Morgan fingerprint density at radius 1 is 0.621 bits per heavy atom. The van der Waals surface area contributed by atoms with Gasteiger partial charge in [0.15, 0.2) is 0 Å². The minimum absolute atomic E-state index is 0. The molecule has 3 aromatic heterocycles. The Hall–Kier alpha value is -5.73. The topological polar surface area (TPSA) is 75.6 Å². The van der Waals surface area contributed by atoms with E-state index in [1.807, 2.05) is 66.9 Å². The third kappa shape index (κ3) is 8.72. The Bertz CT molecular complexity index is 2710. The number of nitriles is 1. The van der Waals surface area contributed by atoms with Gasteiger partial charge in [-0.05, 0) is 50.5 Å². The van der Waals surface area contributed by atoms with Gasteiger partial charge in [-0.15, -0.1) is 53.6 Å². The molecule has 0 atom stereocenters. The molecule has 0 fully saturated rings. The van der Waals surface area contributed by atoms with Crippen molar-refractivity contribution in [2.24, 2.45) is 0 Å². The van der Waals surface area contributed by atoms with Crippen LogP contribution in [-0.2, 0) is 36.4 Å².